The molecule has 14 nitrogen and oxygen atoms in total. The van der Waals surface area contributed by atoms with Crippen LogP contribution in [0.1, 0.15) is 59.5 Å². The van der Waals surface area contributed by atoms with Gasteiger partial charge in [-0.25, -0.2) is 4.79 Å². The molecule has 0 aliphatic carbocycles. The van der Waals surface area contributed by atoms with E-state index in [0.29, 0.717) is 48.7 Å². The van der Waals surface area contributed by atoms with Crippen molar-refractivity contribution in [3.8, 4) is 0 Å². The van der Waals surface area contributed by atoms with E-state index in [2.05, 4.69) is 10.6 Å². The van der Waals surface area contributed by atoms with Gasteiger partial charge in [-0.3, -0.25) is 13.4 Å². The number of carbonyl (C=O) groups excluding carboxylic acids is 2. The van der Waals surface area contributed by atoms with Gasteiger partial charge >= 0.3 is 26.4 Å². The van der Waals surface area contributed by atoms with Gasteiger partial charge in [0.15, 0.2) is 5.78 Å². The van der Waals surface area contributed by atoms with Crippen molar-refractivity contribution in [2.24, 2.45) is 5.73 Å². The van der Waals surface area contributed by atoms with Gasteiger partial charge in [-0.15, -0.1) is 12.4 Å². The highest BCUT2D eigenvalue weighted by Crippen LogP contribution is 2.26. The van der Waals surface area contributed by atoms with E-state index in [1.54, 1.807) is 72.8 Å². The second-order valence-electron chi connectivity index (χ2n) is 14.8. The second-order valence-corrected chi connectivity index (χ2v) is 18.5. The lowest BCUT2D eigenvalue weighted by molar-refractivity contribution is 0.0600. The number of nitrogens with two attached hydrogens (primary N) is 1. The zero-order valence-electron chi connectivity index (χ0n) is 34.1. The number of esters is 1. The van der Waals surface area contributed by atoms with E-state index in [9.17, 15) is 26.4 Å². The highest BCUT2D eigenvalue weighted by atomic mass is 35.5. The number of hydrogen-bond donors (Lipinski definition) is 3. The zero-order valence-corrected chi connectivity index (χ0v) is 36.5. The third-order valence-electron chi connectivity index (χ3n) is 9.83. The molecule has 0 aromatic heterocycles. The molecule has 2 fully saturated rings. The number of ether oxygens (including phenoxy) is 1. The predicted molar refractivity (Wildman–Crippen MR) is 235 cm³/mol. The molecule has 59 heavy (non-hydrogen) atoms. The Balaban J connectivity index is 0.000000256. The summed E-state index contributed by atoms with van der Waals surface area (Å²) in [6.45, 7) is 9.89. The van der Waals surface area contributed by atoms with Crippen molar-refractivity contribution in [1.82, 2.24) is 19.2 Å². The zero-order chi connectivity index (χ0) is 42.0. The predicted octanol–water partition coefficient (Wildman–Crippen LogP) is 4.59. The number of piperazine rings is 2. The van der Waals surface area contributed by atoms with Crippen molar-refractivity contribution >= 4 is 56.0 Å². The van der Waals surface area contributed by atoms with Crippen LogP contribution in [0, 0.1) is 0 Å². The molecule has 4 aromatic rings. The molecule has 17 heteroatoms. The molecule has 4 atom stereocenters. The van der Waals surface area contributed by atoms with Gasteiger partial charge in [-0.1, -0.05) is 72.8 Å². The Labute approximate surface area is 355 Å². The first kappa shape index (κ1) is 47.3. The molecule has 0 bridgehead atoms. The van der Waals surface area contributed by atoms with Gasteiger partial charge < -0.3 is 21.1 Å². The Morgan fingerprint density at radius 3 is 1.27 bits per heavy atom. The monoisotopic (exact) mass is 869 g/mol. The second kappa shape index (κ2) is 21.2. The average Bonchev–Trinajstić information content (AvgIpc) is 3.21. The normalized spacial score (nSPS) is 20.0. The summed E-state index contributed by atoms with van der Waals surface area (Å²) in [5.41, 5.74) is 9.14. The van der Waals surface area contributed by atoms with Crippen LogP contribution in [0.5, 0.6) is 0 Å². The van der Waals surface area contributed by atoms with Crippen LogP contribution in [0.4, 0.5) is 11.4 Å². The summed E-state index contributed by atoms with van der Waals surface area (Å²) in [4.78, 5) is 23.4. The maximum Gasteiger partial charge on any atom is 0.337 e. The molecule has 2 heterocycles. The van der Waals surface area contributed by atoms with Crippen molar-refractivity contribution < 1.29 is 31.2 Å². The highest BCUT2D eigenvalue weighted by molar-refractivity contribution is 7.90. The Morgan fingerprint density at radius 1 is 0.610 bits per heavy atom. The van der Waals surface area contributed by atoms with Crippen LogP contribution >= 0.6 is 12.4 Å². The van der Waals surface area contributed by atoms with Crippen LogP contribution in [0.2, 0.25) is 0 Å². The van der Waals surface area contributed by atoms with Crippen LogP contribution in [0.25, 0.3) is 0 Å². The lowest BCUT2D eigenvalue weighted by atomic mass is 10.1. The quantitative estimate of drug-likeness (QED) is 0.127. The minimum Gasteiger partial charge on any atom is -0.465 e. The molecule has 6 rings (SSSR count). The number of ketones is 1. The molecule has 0 spiro atoms. The molecule has 4 N–H and O–H groups in total. The van der Waals surface area contributed by atoms with Gasteiger partial charge in [0.05, 0.1) is 43.7 Å². The van der Waals surface area contributed by atoms with Gasteiger partial charge in [0.1, 0.15) is 0 Å². The van der Waals surface area contributed by atoms with Crippen LogP contribution in [-0.4, -0.2) is 101 Å². The minimum absolute atomic E-state index is 0. The Bertz CT molecular complexity index is 2010. The van der Waals surface area contributed by atoms with Crippen molar-refractivity contribution in [2.45, 2.75) is 65.0 Å². The summed E-state index contributed by atoms with van der Waals surface area (Å²) in [5, 5.41) is 6.73. The highest BCUT2D eigenvalue weighted by Gasteiger charge is 2.36. The lowest BCUT2D eigenvalue weighted by Crippen LogP contribution is -2.58. The van der Waals surface area contributed by atoms with Gasteiger partial charge in [-0.2, -0.15) is 25.4 Å². The number of benzene rings is 4. The number of nitrogens with zero attached hydrogens (tertiary/aromatic N) is 4. The molecular formula is C42H56ClN7O7S2. The summed E-state index contributed by atoms with van der Waals surface area (Å²) >= 11 is 0. The summed E-state index contributed by atoms with van der Waals surface area (Å²) < 4.78 is 64.9. The first-order valence-electron chi connectivity index (χ1n) is 19.3. The molecular weight excluding hydrogens is 814 g/mol. The number of halogens is 1. The van der Waals surface area contributed by atoms with E-state index in [1.165, 1.54) is 24.3 Å². The van der Waals surface area contributed by atoms with Gasteiger partial charge in [-0.05, 0) is 75.2 Å². The molecule has 4 aromatic carbocycles. The van der Waals surface area contributed by atoms with Crippen molar-refractivity contribution in [3.05, 3.63) is 131 Å². The number of rotatable bonds is 13. The number of hydrogen-bond acceptors (Lipinski definition) is 10. The average molecular weight is 871 g/mol. The number of carbonyl (C=O) groups is 2. The molecule has 0 amide bonds. The maximum absolute atomic E-state index is 13.6. The van der Waals surface area contributed by atoms with Gasteiger partial charge in [0, 0.05) is 55.9 Å². The van der Waals surface area contributed by atoms with Crippen LogP contribution < -0.4 is 25.0 Å². The number of anilines is 2. The fourth-order valence-corrected chi connectivity index (χ4v) is 10.7. The fourth-order valence-electron chi connectivity index (χ4n) is 7.12. The van der Waals surface area contributed by atoms with Gasteiger partial charge in [0.25, 0.3) is 0 Å². The standard InChI is InChI=1S/C21H28N4O3S.C21H27N3O4S.ClH/c1-16-13-24(14-17(2)23-16)29(27,28)25(20-6-4-3-5-7-20)15-18-8-10-19(11-9-18)21(26)12-22;1-16-13-23(14-17(2)22-16)29(26,27)24(20-7-5-4-6-8-20)15-18-9-11-19(12-10-18)21(25)28-3;/h3-11,16-17,23H,12-15,22H2,1-2H3;4-12,16-17,22H,13-15H2,1-3H3;1H/t2*16-,17+;. The van der Waals surface area contributed by atoms with Crippen molar-refractivity contribution in [2.75, 3.05) is 48.4 Å². The maximum atomic E-state index is 13.6. The topological polar surface area (TPSA) is 175 Å². The van der Waals surface area contributed by atoms with E-state index in [1.807, 2.05) is 64.1 Å². The fraction of sp³-hybridized carbons (Fsp3) is 0.381. The minimum atomic E-state index is -3.74. The Morgan fingerprint density at radius 2 is 0.949 bits per heavy atom. The Kier molecular flexibility index (Phi) is 17.0. The van der Waals surface area contributed by atoms with Gasteiger partial charge in [0.2, 0.25) is 0 Å². The van der Waals surface area contributed by atoms with E-state index in [4.69, 9.17) is 10.5 Å². The smallest absolute Gasteiger partial charge is 0.337 e. The van der Waals surface area contributed by atoms with E-state index < -0.39 is 26.4 Å². The summed E-state index contributed by atoms with van der Waals surface area (Å²) in [6.07, 6.45) is 0. The summed E-state index contributed by atoms with van der Waals surface area (Å²) in [6, 6.07) is 32.2. The SMILES string of the molecule is COC(=O)c1ccc(CN(c2ccccc2)S(=O)(=O)N2C[C@@H](C)N[C@@H](C)C2)cc1.C[C@@H]1CN(S(=O)(=O)N(Cc2ccc(C(=O)CN)cc2)c2ccccc2)C[C@H](C)N1.Cl. The molecule has 320 valence electrons. The molecule has 0 radical (unpaired) electrons. The van der Waals surface area contributed by atoms with Crippen LogP contribution in [0.3, 0.4) is 0 Å². The number of para-hydroxylation sites is 2. The van der Waals surface area contributed by atoms with Crippen LogP contribution in [-0.2, 0) is 38.2 Å². The molecule has 2 aliphatic heterocycles. The summed E-state index contributed by atoms with van der Waals surface area (Å²) in [7, 11) is -6.14. The number of nitrogens with one attached hydrogen (secondary N) is 2. The van der Waals surface area contributed by atoms with E-state index in [-0.39, 0.29) is 62.0 Å². The molecule has 2 aliphatic rings. The van der Waals surface area contributed by atoms with Crippen molar-refractivity contribution in [1.29, 1.82) is 0 Å². The Hall–Kier alpha value is -4.39. The molecule has 2 saturated heterocycles. The first-order valence-corrected chi connectivity index (χ1v) is 22.1. The largest absolute Gasteiger partial charge is 0.465 e. The summed E-state index contributed by atoms with van der Waals surface area (Å²) in [5.74, 6) is -0.569. The first-order chi connectivity index (χ1) is 27.6. The number of methoxy groups -OCH3 is 1. The third-order valence-corrected chi connectivity index (χ3v) is 13.5. The van der Waals surface area contributed by atoms with Crippen LogP contribution in [0.15, 0.2) is 109 Å². The number of Topliss-reactive ketones (excluding diaryl/α,β-unsaturated/α-hetero) is 1. The van der Waals surface area contributed by atoms with E-state index >= 15 is 0 Å². The third kappa shape index (κ3) is 12.3. The lowest BCUT2D eigenvalue weighted by Gasteiger charge is -2.38. The van der Waals surface area contributed by atoms with Crippen molar-refractivity contribution in [3.63, 3.8) is 0 Å². The molecule has 0 saturated carbocycles. The molecule has 0 unspecified atom stereocenters. The van der Waals surface area contributed by atoms with E-state index in [0.717, 1.165) is 11.1 Å².